The first-order valence-corrected chi connectivity index (χ1v) is 6.92. The van der Waals surface area contributed by atoms with Crippen LogP contribution >= 0.6 is 0 Å². The number of esters is 1. The molecule has 0 amide bonds. The Bertz CT molecular complexity index is 604. The van der Waals surface area contributed by atoms with Gasteiger partial charge in [0.2, 0.25) is 0 Å². The van der Waals surface area contributed by atoms with Gasteiger partial charge in [0.1, 0.15) is 17.7 Å². The molecule has 2 aromatic rings. The summed E-state index contributed by atoms with van der Waals surface area (Å²) in [6, 6.07) is 0. The average Bonchev–Trinajstić information content (AvgIpc) is 3.06. The van der Waals surface area contributed by atoms with Crippen molar-refractivity contribution in [3.63, 3.8) is 0 Å². The summed E-state index contributed by atoms with van der Waals surface area (Å²) >= 11 is 0. The van der Waals surface area contributed by atoms with Crippen molar-refractivity contribution in [1.29, 1.82) is 0 Å². The summed E-state index contributed by atoms with van der Waals surface area (Å²) in [6.07, 6.45) is 3.23. The van der Waals surface area contributed by atoms with E-state index in [1.54, 1.807) is 25.0 Å². The summed E-state index contributed by atoms with van der Waals surface area (Å²) in [5.41, 5.74) is 1.28. The molecule has 0 aliphatic rings. The monoisotopic (exact) mass is 292 g/mol. The number of nitrogens with zero attached hydrogens (tertiary/aromatic N) is 5. The fraction of sp³-hybridized carbons (Fsp3) is 0.538. The molecule has 0 saturated carbocycles. The standard InChI is InChI=1S/C13H20N6O2/c1-4-19-9-15-17-12(19)8-14-7-11-10(6-16-18(11)3)13(20)21-5-2/h6,9,14H,4-5,7-8H2,1-3H3. The van der Waals surface area contributed by atoms with E-state index in [9.17, 15) is 4.79 Å². The Morgan fingerprint density at radius 2 is 2.19 bits per heavy atom. The lowest BCUT2D eigenvalue weighted by Gasteiger charge is -2.08. The molecule has 0 bridgehead atoms. The lowest BCUT2D eigenvalue weighted by Crippen LogP contribution is -2.20. The molecule has 2 aromatic heterocycles. The van der Waals surface area contributed by atoms with Crippen molar-refractivity contribution in [3.05, 3.63) is 29.6 Å². The second-order valence-corrected chi connectivity index (χ2v) is 4.49. The van der Waals surface area contributed by atoms with Crippen LogP contribution in [0.25, 0.3) is 0 Å². The SMILES string of the molecule is CCOC(=O)c1cnn(C)c1CNCc1nncn1CC. The molecule has 0 saturated heterocycles. The van der Waals surface area contributed by atoms with Crippen molar-refractivity contribution < 1.29 is 9.53 Å². The zero-order valence-electron chi connectivity index (χ0n) is 12.5. The number of aromatic nitrogens is 5. The van der Waals surface area contributed by atoms with Crippen LogP contribution in [0.3, 0.4) is 0 Å². The van der Waals surface area contributed by atoms with Crippen molar-refractivity contribution in [2.24, 2.45) is 7.05 Å². The summed E-state index contributed by atoms with van der Waals surface area (Å²) in [5, 5.41) is 15.3. The molecule has 8 nitrogen and oxygen atoms in total. The minimum absolute atomic E-state index is 0.347. The van der Waals surface area contributed by atoms with Gasteiger partial charge in [0, 0.05) is 20.1 Å². The van der Waals surface area contributed by atoms with E-state index in [0.29, 0.717) is 25.3 Å². The van der Waals surface area contributed by atoms with Crippen LogP contribution in [0.4, 0.5) is 0 Å². The first-order chi connectivity index (χ1) is 10.2. The van der Waals surface area contributed by atoms with Gasteiger partial charge in [-0.1, -0.05) is 0 Å². The van der Waals surface area contributed by atoms with Crippen LogP contribution in [0.5, 0.6) is 0 Å². The van der Waals surface area contributed by atoms with Gasteiger partial charge in [0.15, 0.2) is 0 Å². The van der Waals surface area contributed by atoms with Gasteiger partial charge < -0.3 is 14.6 Å². The molecular formula is C13H20N6O2. The molecule has 0 atom stereocenters. The number of carbonyl (C=O) groups excluding carboxylic acids is 1. The maximum atomic E-state index is 11.8. The number of ether oxygens (including phenoxy) is 1. The molecule has 0 spiro atoms. The summed E-state index contributed by atoms with van der Waals surface area (Å²) in [4.78, 5) is 11.8. The van der Waals surface area contributed by atoms with E-state index in [1.807, 2.05) is 11.5 Å². The van der Waals surface area contributed by atoms with Crippen LogP contribution < -0.4 is 5.32 Å². The van der Waals surface area contributed by atoms with Crippen LogP contribution in [0.2, 0.25) is 0 Å². The molecule has 114 valence electrons. The van der Waals surface area contributed by atoms with E-state index >= 15 is 0 Å². The number of nitrogens with one attached hydrogen (secondary N) is 1. The average molecular weight is 292 g/mol. The van der Waals surface area contributed by atoms with Gasteiger partial charge in [-0.2, -0.15) is 5.10 Å². The molecule has 21 heavy (non-hydrogen) atoms. The zero-order chi connectivity index (χ0) is 15.2. The normalized spacial score (nSPS) is 10.8. The van der Waals surface area contributed by atoms with Crippen LogP contribution in [-0.4, -0.2) is 37.1 Å². The second-order valence-electron chi connectivity index (χ2n) is 4.49. The molecule has 0 radical (unpaired) electrons. The second kappa shape index (κ2) is 6.98. The topological polar surface area (TPSA) is 86.9 Å². The highest BCUT2D eigenvalue weighted by Gasteiger charge is 2.16. The summed E-state index contributed by atoms with van der Waals surface area (Å²) in [7, 11) is 1.80. The largest absolute Gasteiger partial charge is 0.462 e. The van der Waals surface area contributed by atoms with Crippen LogP contribution in [-0.2, 0) is 31.4 Å². The molecule has 0 aliphatic carbocycles. The smallest absolute Gasteiger partial charge is 0.341 e. The van der Waals surface area contributed by atoms with Crippen molar-refractivity contribution in [1.82, 2.24) is 29.9 Å². The highest BCUT2D eigenvalue weighted by atomic mass is 16.5. The molecule has 8 heteroatoms. The number of hydrogen-bond donors (Lipinski definition) is 1. The van der Waals surface area contributed by atoms with E-state index in [4.69, 9.17) is 4.74 Å². The zero-order valence-corrected chi connectivity index (χ0v) is 12.5. The van der Waals surface area contributed by atoms with Crippen molar-refractivity contribution in [3.8, 4) is 0 Å². The van der Waals surface area contributed by atoms with Crippen molar-refractivity contribution in [2.45, 2.75) is 33.5 Å². The Kier molecular flexibility index (Phi) is 5.04. The molecule has 1 N–H and O–H groups in total. The summed E-state index contributed by atoms with van der Waals surface area (Å²) in [6.45, 7) is 6.06. The third kappa shape index (κ3) is 3.46. The Morgan fingerprint density at radius 3 is 2.90 bits per heavy atom. The van der Waals surface area contributed by atoms with Crippen LogP contribution in [0, 0.1) is 0 Å². The number of carbonyl (C=O) groups is 1. The Morgan fingerprint density at radius 1 is 1.38 bits per heavy atom. The fourth-order valence-electron chi connectivity index (χ4n) is 2.02. The minimum Gasteiger partial charge on any atom is -0.462 e. The van der Waals surface area contributed by atoms with Gasteiger partial charge in [0.25, 0.3) is 0 Å². The van der Waals surface area contributed by atoms with Crippen LogP contribution in [0.15, 0.2) is 12.5 Å². The van der Waals surface area contributed by atoms with E-state index in [2.05, 4.69) is 20.6 Å². The third-order valence-corrected chi connectivity index (χ3v) is 3.17. The van der Waals surface area contributed by atoms with E-state index in [-0.39, 0.29) is 5.97 Å². The van der Waals surface area contributed by atoms with Gasteiger partial charge in [-0.25, -0.2) is 4.79 Å². The molecule has 0 aliphatic heterocycles. The lowest BCUT2D eigenvalue weighted by molar-refractivity contribution is 0.0524. The van der Waals surface area contributed by atoms with E-state index < -0.39 is 0 Å². The van der Waals surface area contributed by atoms with Gasteiger partial charge >= 0.3 is 5.97 Å². The fourth-order valence-corrected chi connectivity index (χ4v) is 2.02. The molecular weight excluding hydrogens is 272 g/mol. The van der Waals surface area contributed by atoms with Crippen LogP contribution in [0.1, 0.15) is 35.7 Å². The van der Waals surface area contributed by atoms with Gasteiger partial charge in [-0.05, 0) is 13.8 Å². The minimum atomic E-state index is -0.348. The predicted molar refractivity (Wildman–Crippen MR) is 75.4 cm³/mol. The lowest BCUT2D eigenvalue weighted by atomic mass is 10.2. The maximum absolute atomic E-state index is 11.8. The van der Waals surface area contributed by atoms with E-state index in [0.717, 1.165) is 18.1 Å². The first kappa shape index (κ1) is 15.2. The van der Waals surface area contributed by atoms with E-state index in [1.165, 1.54) is 6.20 Å². The highest BCUT2D eigenvalue weighted by Crippen LogP contribution is 2.09. The predicted octanol–water partition coefficient (Wildman–Crippen LogP) is 0.498. The van der Waals surface area contributed by atoms with Crippen molar-refractivity contribution >= 4 is 5.97 Å². The molecule has 0 aromatic carbocycles. The molecule has 2 heterocycles. The Balaban J connectivity index is 2.00. The first-order valence-electron chi connectivity index (χ1n) is 6.92. The highest BCUT2D eigenvalue weighted by molar-refractivity contribution is 5.90. The van der Waals surface area contributed by atoms with Crippen molar-refractivity contribution in [2.75, 3.05) is 6.61 Å². The summed E-state index contributed by atoms with van der Waals surface area (Å²) < 4.78 is 8.66. The molecule has 0 unspecified atom stereocenters. The Hall–Kier alpha value is -2.22. The number of hydrogen-bond acceptors (Lipinski definition) is 6. The number of aryl methyl sites for hydroxylation is 2. The quantitative estimate of drug-likeness (QED) is 0.748. The third-order valence-electron chi connectivity index (χ3n) is 3.17. The number of rotatable bonds is 7. The Labute approximate surface area is 123 Å². The van der Waals surface area contributed by atoms with Gasteiger partial charge in [0.05, 0.1) is 25.0 Å². The maximum Gasteiger partial charge on any atom is 0.341 e. The van der Waals surface area contributed by atoms with Gasteiger partial charge in [-0.3, -0.25) is 4.68 Å². The molecule has 0 fully saturated rings. The summed E-state index contributed by atoms with van der Waals surface area (Å²) in [5.74, 6) is 0.511. The van der Waals surface area contributed by atoms with Gasteiger partial charge in [-0.15, -0.1) is 10.2 Å². The molecule has 2 rings (SSSR count).